The van der Waals surface area contributed by atoms with Gasteiger partial charge < -0.3 is 14.4 Å². The van der Waals surface area contributed by atoms with E-state index in [1.165, 1.54) is 36.4 Å². The van der Waals surface area contributed by atoms with Crippen molar-refractivity contribution in [2.45, 2.75) is 36.2 Å². The molecule has 0 bridgehead atoms. The van der Waals surface area contributed by atoms with Crippen LogP contribution in [0.5, 0.6) is 5.75 Å². The van der Waals surface area contributed by atoms with Crippen molar-refractivity contribution in [3.63, 3.8) is 0 Å². The smallest absolute Gasteiger partial charge is 0.417 e. The summed E-state index contributed by atoms with van der Waals surface area (Å²) < 4.78 is 121. The number of halogens is 7. The predicted molar refractivity (Wildman–Crippen MR) is 161 cm³/mol. The molecule has 0 radical (unpaired) electrons. The molecule has 15 heteroatoms. The van der Waals surface area contributed by atoms with E-state index in [1.54, 1.807) is 4.90 Å². The number of hydrogen-bond acceptors (Lipinski definition) is 5. The summed E-state index contributed by atoms with van der Waals surface area (Å²) in [6.45, 7) is 2.02. The second-order valence-electron chi connectivity index (χ2n) is 11.8. The molecule has 0 aromatic heterocycles. The second kappa shape index (κ2) is 12.0. The van der Waals surface area contributed by atoms with Crippen LogP contribution in [0.2, 0.25) is 5.02 Å². The van der Waals surface area contributed by atoms with E-state index < -0.39 is 44.5 Å². The Morgan fingerprint density at radius 2 is 1.68 bits per heavy atom. The van der Waals surface area contributed by atoms with Crippen molar-refractivity contribution >= 4 is 45.4 Å². The molecule has 1 spiro atoms. The van der Waals surface area contributed by atoms with E-state index in [4.69, 9.17) is 21.1 Å². The van der Waals surface area contributed by atoms with Gasteiger partial charge >= 0.3 is 12.4 Å². The average Bonchev–Trinajstić information content (AvgIpc) is 2.96. The molecule has 1 amide bonds. The Morgan fingerprint density at radius 1 is 0.957 bits per heavy atom. The maximum absolute atomic E-state index is 13.9. The number of carbonyl (C=O) groups excluding carboxylic acids is 1. The third-order valence-corrected chi connectivity index (χ3v) is 10.5. The molecule has 2 fully saturated rings. The lowest BCUT2D eigenvalue weighted by Gasteiger charge is -2.55. The number of ether oxygens (including phenoxy) is 2. The van der Waals surface area contributed by atoms with E-state index in [-0.39, 0.29) is 58.3 Å². The van der Waals surface area contributed by atoms with Crippen molar-refractivity contribution in [3.8, 4) is 5.75 Å². The summed E-state index contributed by atoms with van der Waals surface area (Å²) in [5.74, 6) is -0.0628. The molecule has 3 heterocycles. The third-order valence-electron chi connectivity index (χ3n) is 8.37. The summed E-state index contributed by atoms with van der Waals surface area (Å²) in [7, 11) is -4.62. The highest BCUT2D eigenvalue weighted by atomic mass is 35.5. The molecular weight excluding hydrogens is 674 g/mol. The van der Waals surface area contributed by atoms with Crippen LogP contribution >= 0.6 is 11.6 Å². The molecule has 6 rings (SSSR count). The SMILES string of the molecule is O=C(CCC1CN(S(=O)(=O)c2cccc(C(F)(F)F)c2)c2cc(C=Cc3c(Cl)cccc3C(F)(F)F)ccc2O1)N1CC2(COC2)C1. The third kappa shape index (κ3) is 6.68. The van der Waals surface area contributed by atoms with Gasteiger partial charge in [-0.1, -0.05) is 42.0 Å². The Labute approximate surface area is 271 Å². The second-order valence-corrected chi connectivity index (χ2v) is 14.1. The summed E-state index contributed by atoms with van der Waals surface area (Å²) >= 11 is 6.07. The van der Waals surface area contributed by atoms with Crippen LogP contribution < -0.4 is 9.04 Å². The van der Waals surface area contributed by atoms with Crippen molar-refractivity contribution in [1.29, 1.82) is 0 Å². The van der Waals surface area contributed by atoms with Crippen molar-refractivity contribution in [3.05, 3.63) is 87.9 Å². The van der Waals surface area contributed by atoms with Crippen molar-refractivity contribution in [2.24, 2.45) is 5.41 Å². The van der Waals surface area contributed by atoms with Crippen LogP contribution in [-0.4, -0.2) is 58.2 Å². The Hall–Kier alpha value is -3.75. The van der Waals surface area contributed by atoms with Crippen LogP contribution in [0.15, 0.2) is 65.6 Å². The minimum absolute atomic E-state index is 0.0120. The molecule has 250 valence electrons. The number of hydrogen-bond donors (Lipinski definition) is 0. The Morgan fingerprint density at radius 3 is 2.34 bits per heavy atom. The van der Waals surface area contributed by atoms with Crippen LogP contribution in [0.1, 0.15) is 35.1 Å². The molecule has 1 unspecified atom stereocenters. The van der Waals surface area contributed by atoms with E-state index in [0.717, 1.165) is 34.6 Å². The highest BCUT2D eigenvalue weighted by Crippen LogP contribution is 2.42. The molecule has 3 aromatic carbocycles. The zero-order valence-corrected chi connectivity index (χ0v) is 26.0. The van der Waals surface area contributed by atoms with E-state index in [9.17, 15) is 39.6 Å². The van der Waals surface area contributed by atoms with Crippen molar-refractivity contribution in [2.75, 3.05) is 37.2 Å². The fraction of sp³-hybridized carbons (Fsp3) is 0.344. The van der Waals surface area contributed by atoms with Crippen molar-refractivity contribution in [1.82, 2.24) is 4.90 Å². The fourth-order valence-electron chi connectivity index (χ4n) is 5.86. The van der Waals surface area contributed by atoms with Gasteiger partial charge in [0.25, 0.3) is 10.0 Å². The molecule has 0 N–H and O–H groups in total. The normalized spacial score (nSPS) is 19.3. The van der Waals surface area contributed by atoms with E-state index in [0.29, 0.717) is 32.4 Å². The number of benzene rings is 3. The van der Waals surface area contributed by atoms with E-state index in [1.807, 2.05) is 0 Å². The van der Waals surface area contributed by atoms with Gasteiger partial charge in [-0.25, -0.2) is 8.42 Å². The molecule has 3 aliphatic heterocycles. The molecule has 47 heavy (non-hydrogen) atoms. The number of alkyl halides is 6. The van der Waals surface area contributed by atoms with Gasteiger partial charge in [-0.05, 0) is 54.4 Å². The summed E-state index contributed by atoms with van der Waals surface area (Å²) in [6.07, 6.45) is -7.69. The molecule has 2 saturated heterocycles. The monoisotopic (exact) mass is 700 g/mol. The zero-order valence-electron chi connectivity index (χ0n) is 24.4. The predicted octanol–water partition coefficient (Wildman–Crippen LogP) is 7.14. The quantitative estimate of drug-likeness (QED) is 0.194. The van der Waals surface area contributed by atoms with Gasteiger partial charge in [0.2, 0.25) is 5.91 Å². The molecule has 0 aliphatic carbocycles. The molecular formula is C32H27ClF6N2O5S. The molecule has 7 nitrogen and oxygen atoms in total. The Balaban J connectivity index is 1.31. The number of likely N-dealkylation sites (tertiary alicyclic amines) is 1. The first-order valence-corrected chi connectivity index (χ1v) is 16.3. The number of sulfonamides is 1. The first-order valence-electron chi connectivity index (χ1n) is 14.5. The van der Waals surface area contributed by atoms with Crippen LogP contribution in [0.25, 0.3) is 12.2 Å². The topological polar surface area (TPSA) is 76.2 Å². The lowest BCUT2D eigenvalue weighted by Crippen LogP contribution is -2.67. The minimum Gasteiger partial charge on any atom is -0.486 e. The standard InChI is InChI=1S/C32H27ClF6N2O5S/c33-26-6-2-5-25(32(37,38)39)24(26)10-7-20-8-11-28-27(13-20)41(47(43,44)23-4-1-3-21(14-23)31(34,35)36)15-22(46-28)9-12-29(42)40-16-30(17-40)18-45-19-30/h1-8,10-11,13-14,22H,9,12,15-19H2. The van der Waals surface area contributed by atoms with Gasteiger partial charge in [0, 0.05) is 30.1 Å². The molecule has 3 aromatic rings. The number of amides is 1. The van der Waals surface area contributed by atoms with Gasteiger partial charge in [0.05, 0.1) is 46.9 Å². The highest BCUT2D eigenvalue weighted by Gasteiger charge is 2.50. The van der Waals surface area contributed by atoms with Gasteiger partial charge in [-0.3, -0.25) is 9.10 Å². The van der Waals surface area contributed by atoms with Gasteiger partial charge in [0.15, 0.2) is 0 Å². The largest absolute Gasteiger partial charge is 0.486 e. The molecule has 3 aliphatic rings. The van der Waals surface area contributed by atoms with Crippen LogP contribution in [0, 0.1) is 5.41 Å². The first-order chi connectivity index (χ1) is 22.1. The zero-order chi connectivity index (χ0) is 33.8. The number of anilines is 1. The summed E-state index contributed by atoms with van der Waals surface area (Å²) in [6, 6.07) is 10.9. The summed E-state index contributed by atoms with van der Waals surface area (Å²) in [5, 5.41) is -0.155. The maximum atomic E-state index is 13.9. The van der Waals surface area contributed by atoms with Crippen LogP contribution in [0.4, 0.5) is 32.0 Å². The van der Waals surface area contributed by atoms with Crippen LogP contribution in [-0.2, 0) is 31.9 Å². The number of rotatable bonds is 7. The lowest BCUT2D eigenvalue weighted by atomic mass is 9.78. The number of carbonyl (C=O) groups is 1. The van der Waals surface area contributed by atoms with Gasteiger partial charge in [-0.2, -0.15) is 26.3 Å². The van der Waals surface area contributed by atoms with Crippen molar-refractivity contribution < 1.29 is 49.0 Å². The lowest BCUT2D eigenvalue weighted by molar-refractivity contribution is -0.195. The Kier molecular flexibility index (Phi) is 8.50. The van der Waals surface area contributed by atoms with Crippen LogP contribution in [0.3, 0.4) is 0 Å². The minimum atomic E-state index is -4.80. The summed E-state index contributed by atoms with van der Waals surface area (Å²) in [5.41, 5.74) is -2.18. The first kappa shape index (κ1) is 33.2. The van der Waals surface area contributed by atoms with E-state index in [2.05, 4.69) is 0 Å². The number of fused-ring (bicyclic) bond motifs is 1. The Bertz CT molecular complexity index is 1830. The van der Waals surface area contributed by atoms with Gasteiger partial charge in [0.1, 0.15) is 11.9 Å². The molecule has 1 atom stereocenters. The summed E-state index contributed by atoms with van der Waals surface area (Å²) in [4.78, 5) is 13.9. The molecule has 0 saturated carbocycles. The van der Waals surface area contributed by atoms with Gasteiger partial charge in [-0.15, -0.1) is 0 Å². The van der Waals surface area contributed by atoms with E-state index >= 15 is 0 Å². The number of nitrogens with zero attached hydrogens (tertiary/aromatic N) is 2. The maximum Gasteiger partial charge on any atom is 0.417 e. The fourth-order valence-corrected chi connectivity index (χ4v) is 7.64. The highest BCUT2D eigenvalue weighted by molar-refractivity contribution is 7.92. The average molecular weight is 701 g/mol.